The lowest BCUT2D eigenvalue weighted by Gasteiger charge is -2.19. The number of carbonyl (C=O) groups is 3. The molecule has 1 atom stereocenters. The second-order valence-corrected chi connectivity index (χ2v) is 6.70. The van der Waals surface area contributed by atoms with Crippen molar-refractivity contribution in [3.05, 3.63) is 23.2 Å². The number of amides is 2. The first-order chi connectivity index (χ1) is 11.3. The van der Waals surface area contributed by atoms with Crippen molar-refractivity contribution in [3.63, 3.8) is 0 Å². The lowest BCUT2D eigenvalue weighted by atomic mass is 10.0. The van der Waals surface area contributed by atoms with Crippen molar-refractivity contribution >= 4 is 39.3 Å². The van der Waals surface area contributed by atoms with E-state index in [2.05, 4.69) is 15.4 Å². The van der Waals surface area contributed by atoms with Gasteiger partial charge in [-0.3, -0.25) is 9.59 Å². The van der Waals surface area contributed by atoms with Crippen LogP contribution in [0.4, 0.5) is 0 Å². The normalized spacial score (nSPS) is 12.2. The van der Waals surface area contributed by atoms with Crippen LogP contribution in [0.5, 0.6) is 0 Å². The first-order valence-corrected chi connectivity index (χ1v) is 8.41. The van der Waals surface area contributed by atoms with Gasteiger partial charge in [0.25, 0.3) is 5.91 Å². The quantitative estimate of drug-likeness (QED) is 0.768. The molecular weight excluding hydrogens is 330 g/mol. The number of carbonyl (C=O) groups excluding carboxylic acids is 3. The summed E-state index contributed by atoms with van der Waals surface area (Å²) in [6.45, 7) is 3.39. The van der Waals surface area contributed by atoms with E-state index in [4.69, 9.17) is 0 Å². The predicted molar refractivity (Wildman–Crippen MR) is 91.9 cm³/mol. The van der Waals surface area contributed by atoms with Crippen molar-refractivity contribution in [2.45, 2.75) is 19.9 Å². The average molecular weight is 351 g/mol. The number of aryl methyl sites for hydroxylation is 1. The Kier molecular flexibility index (Phi) is 5.61. The SMILES string of the molecule is COC(=O)C(NC(=O)CNC(=O)c1cc2sccc2n1C)C(C)C. The first-order valence-electron chi connectivity index (χ1n) is 7.53. The number of ether oxygens (including phenoxy) is 1. The van der Waals surface area contributed by atoms with Crippen molar-refractivity contribution in [1.82, 2.24) is 15.2 Å². The van der Waals surface area contributed by atoms with E-state index < -0.39 is 17.9 Å². The number of aromatic nitrogens is 1. The highest BCUT2D eigenvalue weighted by atomic mass is 32.1. The monoisotopic (exact) mass is 351 g/mol. The number of thiophene rings is 1. The highest BCUT2D eigenvalue weighted by Gasteiger charge is 2.25. The smallest absolute Gasteiger partial charge is 0.328 e. The van der Waals surface area contributed by atoms with Crippen LogP contribution in [-0.2, 0) is 21.4 Å². The zero-order chi connectivity index (χ0) is 17.9. The van der Waals surface area contributed by atoms with Crippen LogP contribution in [0.1, 0.15) is 24.3 Å². The molecule has 0 saturated heterocycles. The van der Waals surface area contributed by atoms with Crippen LogP contribution in [0.3, 0.4) is 0 Å². The molecule has 2 aromatic rings. The zero-order valence-electron chi connectivity index (χ0n) is 14.1. The van der Waals surface area contributed by atoms with Gasteiger partial charge in [0.1, 0.15) is 11.7 Å². The maximum absolute atomic E-state index is 12.2. The molecule has 24 heavy (non-hydrogen) atoms. The lowest BCUT2D eigenvalue weighted by molar-refractivity contribution is -0.146. The maximum atomic E-state index is 12.2. The number of hydrogen-bond donors (Lipinski definition) is 2. The Bertz CT molecular complexity index is 763. The second kappa shape index (κ2) is 7.48. The van der Waals surface area contributed by atoms with E-state index in [1.807, 2.05) is 11.4 Å². The number of nitrogens with one attached hydrogen (secondary N) is 2. The van der Waals surface area contributed by atoms with E-state index >= 15 is 0 Å². The van der Waals surface area contributed by atoms with Gasteiger partial charge in [-0.15, -0.1) is 11.3 Å². The number of hydrogen-bond acceptors (Lipinski definition) is 5. The van der Waals surface area contributed by atoms with Gasteiger partial charge in [-0.2, -0.15) is 0 Å². The largest absolute Gasteiger partial charge is 0.467 e. The topological polar surface area (TPSA) is 89.4 Å². The number of methoxy groups -OCH3 is 1. The highest BCUT2D eigenvalue weighted by Crippen LogP contribution is 2.23. The van der Waals surface area contributed by atoms with Gasteiger partial charge >= 0.3 is 5.97 Å². The second-order valence-electron chi connectivity index (χ2n) is 5.75. The third kappa shape index (κ3) is 3.76. The third-order valence-electron chi connectivity index (χ3n) is 3.74. The van der Waals surface area contributed by atoms with Crippen molar-refractivity contribution in [3.8, 4) is 0 Å². The number of fused-ring (bicyclic) bond motifs is 1. The Morgan fingerprint density at radius 1 is 1.33 bits per heavy atom. The summed E-state index contributed by atoms with van der Waals surface area (Å²) in [5, 5.41) is 7.11. The Balaban J connectivity index is 1.95. The van der Waals surface area contributed by atoms with E-state index in [1.165, 1.54) is 7.11 Å². The molecule has 0 radical (unpaired) electrons. The van der Waals surface area contributed by atoms with E-state index in [9.17, 15) is 14.4 Å². The molecule has 2 N–H and O–H groups in total. The van der Waals surface area contributed by atoms with Gasteiger partial charge in [0.2, 0.25) is 5.91 Å². The van der Waals surface area contributed by atoms with Crippen molar-refractivity contribution in [2.24, 2.45) is 13.0 Å². The molecule has 0 aromatic carbocycles. The van der Waals surface area contributed by atoms with Gasteiger partial charge < -0.3 is 19.9 Å². The van der Waals surface area contributed by atoms with E-state index in [1.54, 1.807) is 42.9 Å². The summed E-state index contributed by atoms with van der Waals surface area (Å²) >= 11 is 1.55. The molecule has 0 aliphatic heterocycles. The minimum Gasteiger partial charge on any atom is -0.467 e. The average Bonchev–Trinajstić information content (AvgIpc) is 3.12. The molecule has 0 fully saturated rings. The fourth-order valence-electron chi connectivity index (χ4n) is 2.37. The Morgan fingerprint density at radius 3 is 2.62 bits per heavy atom. The van der Waals surface area contributed by atoms with Crippen LogP contribution in [0, 0.1) is 5.92 Å². The van der Waals surface area contributed by atoms with Crippen molar-refractivity contribution in [1.29, 1.82) is 0 Å². The Labute approximate surface area is 144 Å². The van der Waals surface area contributed by atoms with Crippen LogP contribution in [0.2, 0.25) is 0 Å². The molecule has 130 valence electrons. The van der Waals surface area contributed by atoms with Gasteiger partial charge in [0.15, 0.2) is 0 Å². The van der Waals surface area contributed by atoms with Crippen LogP contribution in [0.15, 0.2) is 17.5 Å². The molecule has 8 heteroatoms. The molecule has 2 rings (SSSR count). The van der Waals surface area contributed by atoms with Crippen LogP contribution in [0.25, 0.3) is 10.2 Å². The van der Waals surface area contributed by atoms with Crippen molar-refractivity contribution in [2.75, 3.05) is 13.7 Å². The molecule has 0 spiro atoms. The molecule has 2 amide bonds. The molecule has 2 aromatic heterocycles. The minimum atomic E-state index is -0.736. The molecule has 0 aliphatic carbocycles. The molecule has 1 unspecified atom stereocenters. The highest BCUT2D eigenvalue weighted by molar-refractivity contribution is 7.17. The van der Waals surface area contributed by atoms with Gasteiger partial charge in [0, 0.05) is 7.05 Å². The summed E-state index contributed by atoms with van der Waals surface area (Å²) in [5.74, 6) is -1.40. The number of esters is 1. The Morgan fingerprint density at radius 2 is 2.04 bits per heavy atom. The molecule has 0 aliphatic rings. The molecule has 0 bridgehead atoms. The molecule has 7 nitrogen and oxygen atoms in total. The van der Waals surface area contributed by atoms with Crippen molar-refractivity contribution < 1.29 is 19.1 Å². The zero-order valence-corrected chi connectivity index (χ0v) is 14.9. The fourth-order valence-corrected chi connectivity index (χ4v) is 3.22. The van der Waals surface area contributed by atoms with E-state index in [0.717, 1.165) is 10.2 Å². The Hall–Kier alpha value is -2.35. The maximum Gasteiger partial charge on any atom is 0.328 e. The first kappa shape index (κ1) is 18.0. The predicted octanol–water partition coefficient (Wildman–Crippen LogP) is 1.28. The minimum absolute atomic E-state index is 0.114. The summed E-state index contributed by atoms with van der Waals surface area (Å²) in [6, 6.07) is 2.99. The summed E-state index contributed by atoms with van der Waals surface area (Å²) in [5.41, 5.74) is 1.46. The van der Waals surface area contributed by atoms with Gasteiger partial charge in [-0.05, 0) is 23.4 Å². The molecule has 2 heterocycles. The van der Waals surface area contributed by atoms with Crippen LogP contribution < -0.4 is 10.6 Å². The van der Waals surface area contributed by atoms with Crippen LogP contribution in [-0.4, -0.2) is 42.0 Å². The molecule has 0 saturated carbocycles. The van der Waals surface area contributed by atoms with Gasteiger partial charge in [0.05, 0.1) is 23.9 Å². The molecular formula is C16H21N3O4S. The summed E-state index contributed by atoms with van der Waals surface area (Å²) in [6.07, 6.45) is 0. The van der Waals surface area contributed by atoms with E-state index in [0.29, 0.717) is 5.69 Å². The summed E-state index contributed by atoms with van der Waals surface area (Å²) in [7, 11) is 3.07. The lowest BCUT2D eigenvalue weighted by Crippen LogP contribution is -2.48. The summed E-state index contributed by atoms with van der Waals surface area (Å²) in [4.78, 5) is 35.9. The number of rotatable bonds is 6. The summed E-state index contributed by atoms with van der Waals surface area (Å²) < 4.78 is 7.46. The number of nitrogens with zero attached hydrogens (tertiary/aromatic N) is 1. The standard InChI is InChI=1S/C16H21N3O4S/c1-9(2)14(16(22)23-4)18-13(20)8-17-15(21)11-7-12-10(19(11)3)5-6-24-12/h5-7,9,14H,8H2,1-4H3,(H,17,21)(H,18,20). The van der Waals surface area contributed by atoms with Gasteiger partial charge in [-0.25, -0.2) is 4.79 Å². The van der Waals surface area contributed by atoms with Gasteiger partial charge in [-0.1, -0.05) is 13.8 Å². The van der Waals surface area contributed by atoms with E-state index in [-0.39, 0.29) is 18.4 Å². The fraction of sp³-hybridized carbons (Fsp3) is 0.438. The third-order valence-corrected chi connectivity index (χ3v) is 4.60. The van der Waals surface area contributed by atoms with Crippen LogP contribution >= 0.6 is 11.3 Å².